The summed E-state index contributed by atoms with van der Waals surface area (Å²) in [5, 5.41) is 2.80. The number of sulfonamides is 1. The topological polar surface area (TPSA) is 92.8 Å². The third kappa shape index (κ3) is 6.57. The number of ether oxygens (including phenoxy) is 1. The van der Waals surface area contributed by atoms with Gasteiger partial charge >= 0.3 is 0 Å². The van der Waals surface area contributed by atoms with E-state index >= 15 is 0 Å². The second-order valence-corrected chi connectivity index (χ2v) is 12.8. The maximum atomic E-state index is 13.3. The molecule has 0 radical (unpaired) electrons. The Morgan fingerprint density at radius 3 is 2.13 bits per heavy atom. The Balaban J connectivity index is 1.56. The van der Waals surface area contributed by atoms with Crippen LogP contribution in [0.5, 0.6) is 5.75 Å². The number of methoxy groups -OCH3 is 1. The highest BCUT2D eigenvalue weighted by Gasteiger charge is 2.27. The minimum Gasteiger partial charge on any atom is -0.496 e. The molecule has 1 fully saturated rings. The third-order valence-corrected chi connectivity index (χ3v) is 8.91. The van der Waals surface area contributed by atoms with Crippen LogP contribution in [0.3, 0.4) is 0 Å². The number of anilines is 1. The van der Waals surface area contributed by atoms with E-state index in [4.69, 9.17) is 4.74 Å². The van der Waals surface area contributed by atoms with Crippen molar-refractivity contribution < 1.29 is 22.7 Å². The van der Waals surface area contributed by atoms with Crippen molar-refractivity contribution in [3.63, 3.8) is 0 Å². The lowest BCUT2D eigenvalue weighted by molar-refractivity contribution is 0.101. The molecule has 1 aliphatic rings. The van der Waals surface area contributed by atoms with Gasteiger partial charge in [0, 0.05) is 29.9 Å². The van der Waals surface area contributed by atoms with Gasteiger partial charge in [0.25, 0.3) is 5.91 Å². The Hall–Kier alpha value is -3.49. The summed E-state index contributed by atoms with van der Waals surface area (Å²) < 4.78 is 33.5. The molecule has 0 bridgehead atoms. The van der Waals surface area contributed by atoms with Crippen molar-refractivity contribution in [2.45, 2.75) is 56.8 Å². The van der Waals surface area contributed by atoms with Crippen LogP contribution in [0.2, 0.25) is 0 Å². The lowest BCUT2D eigenvalue weighted by Gasteiger charge is -2.20. The molecule has 206 valence electrons. The Morgan fingerprint density at radius 1 is 0.846 bits per heavy atom. The van der Waals surface area contributed by atoms with Gasteiger partial charge in [-0.25, -0.2) is 8.42 Å². The molecule has 0 unspecified atom stereocenters. The zero-order valence-electron chi connectivity index (χ0n) is 23.0. The number of ketones is 1. The first kappa shape index (κ1) is 28.5. The molecule has 0 saturated carbocycles. The second kappa shape index (κ2) is 11.7. The molecule has 1 saturated heterocycles. The molecule has 0 atom stereocenters. The molecule has 1 heterocycles. The fraction of sp³-hybridized carbons (Fsp3) is 0.355. The second-order valence-electron chi connectivity index (χ2n) is 10.9. The summed E-state index contributed by atoms with van der Waals surface area (Å²) in [7, 11) is -2.32. The number of amides is 1. The molecular formula is C31H36N2O5S. The molecule has 8 heteroatoms. The quantitative estimate of drug-likeness (QED) is 0.363. The summed E-state index contributed by atoms with van der Waals surface area (Å²) in [5.41, 5.74) is 2.62. The molecular weight excluding hydrogens is 512 g/mol. The first-order valence-electron chi connectivity index (χ1n) is 13.3. The molecule has 39 heavy (non-hydrogen) atoms. The molecule has 1 N–H and O–H groups in total. The van der Waals surface area contributed by atoms with Crippen LogP contribution in [0.4, 0.5) is 5.69 Å². The van der Waals surface area contributed by atoms with Gasteiger partial charge < -0.3 is 10.1 Å². The highest BCUT2D eigenvalue weighted by atomic mass is 32.2. The van der Waals surface area contributed by atoms with Crippen molar-refractivity contribution in [1.29, 1.82) is 0 Å². The summed E-state index contributed by atoms with van der Waals surface area (Å²) >= 11 is 0. The van der Waals surface area contributed by atoms with E-state index in [1.807, 2.05) is 24.3 Å². The minimum atomic E-state index is -3.75. The molecule has 1 amide bonds. The number of hydrogen-bond acceptors (Lipinski definition) is 5. The van der Waals surface area contributed by atoms with Crippen molar-refractivity contribution in [3.8, 4) is 5.75 Å². The van der Waals surface area contributed by atoms with E-state index in [9.17, 15) is 18.0 Å². The van der Waals surface area contributed by atoms with Crippen LogP contribution in [0.25, 0.3) is 0 Å². The number of hydrogen-bond donors (Lipinski definition) is 1. The zero-order chi connectivity index (χ0) is 28.2. The third-order valence-electron chi connectivity index (χ3n) is 7.01. The summed E-state index contributed by atoms with van der Waals surface area (Å²) in [6, 6.07) is 18.6. The molecule has 0 aromatic heterocycles. The van der Waals surface area contributed by atoms with Crippen molar-refractivity contribution >= 4 is 27.4 Å². The summed E-state index contributed by atoms with van der Waals surface area (Å²) in [4.78, 5) is 26.5. The van der Waals surface area contributed by atoms with Crippen molar-refractivity contribution in [2.24, 2.45) is 0 Å². The van der Waals surface area contributed by atoms with Crippen molar-refractivity contribution in [2.75, 3.05) is 25.5 Å². The average Bonchev–Trinajstić information content (AvgIpc) is 3.22. The van der Waals surface area contributed by atoms with Gasteiger partial charge in [0.15, 0.2) is 5.78 Å². The largest absolute Gasteiger partial charge is 0.496 e. The summed E-state index contributed by atoms with van der Waals surface area (Å²) in [5.74, 6) is -0.429. The van der Waals surface area contributed by atoms with Crippen LogP contribution >= 0.6 is 0 Å². The molecule has 7 nitrogen and oxygen atoms in total. The molecule has 3 aromatic carbocycles. The van der Waals surface area contributed by atoms with Crippen LogP contribution in [-0.2, 0) is 15.4 Å². The van der Waals surface area contributed by atoms with E-state index in [0.717, 1.165) is 31.2 Å². The number of rotatable bonds is 7. The van der Waals surface area contributed by atoms with Gasteiger partial charge in [-0.1, -0.05) is 70.0 Å². The van der Waals surface area contributed by atoms with E-state index in [0.29, 0.717) is 29.9 Å². The van der Waals surface area contributed by atoms with Crippen molar-refractivity contribution in [1.82, 2.24) is 4.31 Å². The molecule has 3 aromatic rings. The van der Waals surface area contributed by atoms with Crippen LogP contribution in [0.1, 0.15) is 78.3 Å². The number of carbonyl (C=O) groups is 2. The monoisotopic (exact) mass is 548 g/mol. The summed E-state index contributed by atoms with van der Waals surface area (Å²) in [6.45, 7) is 7.28. The predicted octanol–water partition coefficient (Wildman–Crippen LogP) is 6.04. The SMILES string of the molecule is COc1ccc(S(=O)(=O)N2CCCCCC2)cc1C(=O)Nc1cccc(C(=O)c2ccc(C(C)(C)C)cc2)c1. The van der Waals surface area contributed by atoms with Gasteiger partial charge in [-0.05, 0) is 54.2 Å². The first-order chi connectivity index (χ1) is 18.5. The fourth-order valence-electron chi connectivity index (χ4n) is 4.68. The van der Waals surface area contributed by atoms with Gasteiger partial charge in [0.05, 0.1) is 17.6 Å². The predicted molar refractivity (Wildman–Crippen MR) is 153 cm³/mol. The highest BCUT2D eigenvalue weighted by Crippen LogP contribution is 2.28. The van der Waals surface area contributed by atoms with Gasteiger partial charge in [0.2, 0.25) is 10.0 Å². The van der Waals surface area contributed by atoms with E-state index < -0.39 is 15.9 Å². The van der Waals surface area contributed by atoms with Gasteiger partial charge in [-0.15, -0.1) is 0 Å². The van der Waals surface area contributed by atoms with Crippen LogP contribution in [-0.4, -0.2) is 44.6 Å². The smallest absolute Gasteiger partial charge is 0.259 e. The van der Waals surface area contributed by atoms with Crippen LogP contribution in [0.15, 0.2) is 71.6 Å². The Labute approximate surface area is 231 Å². The molecule has 0 aliphatic carbocycles. The van der Waals surface area contributed by atoms with Gasteiger partial charge in [0.1, 0.15) is 5.75 Å². The zero-order valence-corrected chi connectivity index (χ0v) is 23.8. The average molecular weight is 549 g/mol. The van der Waals surface area contributed by atoms with E-state index in [-0.39, 0.29) is 27.4 Å². The van der Waals surface area contributed by atoms with Crippen LogP contribution < -0.4 is 10.1 Å². The van der Waals surface area contributed by atoms with Crippen LogP contribution in [0, 0.1) is 0 Å². The number of carbonyl (C=O) groups excluding carboxylic acids is 2. The Bertz CT molecular complexity index is 1450. The van der Waals surface area contributed by atoms with E-state index in [1.165, 1.54) is 29.6 Å². The molecule has 0 spiro atoms. The van der Waals surface area contributed by atoms with Gasteiger partial charge in [-0.2, -0.15) is 4.31 Å². The molecule has 4 rings (SSSR count). The lowest BCUT2D eigenvalue weighted by Crippen LogP contribution is -2.32. The van der Waals surface area contributed by atoms with E-state index in [1.54, 1.807) is 24.3 Å². The fourth-order valence-corrected chi connectivity index (χ4v) is 6.22. The number of nitrogens with zero attached hydrogens (tertiary/aromatic N) is 1. The number of nitrogens with one attached hydrogen (secondary N) is 1. The minimum absolute atomic E-state index is 0.0173. The summed E-state index contributed by atoms with van der Waals surface area (Å²) in [6.07, 6.45) is 3.65. The Kier molecular flexibility index (Phi) is 8.57. The lowest BCUT2D eigenvalue weighted by atomic mass is 9.86. The number of benzene rings is 3. The maximum Gasteiger partial charge on any atom is 0.259 e. The first-order valence-corrected chi connectivity index (χ1v) is 14.7. The van der Waals surface area contributed by atoms with E-state index in [2.05, 4.69) is 26.1 Å². The molecule has 1 aliphatic heterocycles. The van der Waals surface area contributed by atoms with Crippen molar-refractivity contribution in [3.05, 3.63) is 89.0 Å². The van der Waals surface area contributed by atoms with Gasteiger partial charge in [-0.3, -0.25) is 9.59 Å². The normalized spacial score (nSPS) is 14.9. The standard InChI is InChI=1S/C31H36N2O5S/c1-31(2,3)24-14-12-22(13-15-24)29(34)23-10-9-11-25(20-23)32-30(35)27-21-26(16-17-28(27)38-4)39(36,37)33-18-7-5-6-8-19-33/h9-17,20-21H,5-8,18-19H2,1-4H3,(H,32,35). The maximum absolute atomic E-state index is 13.3. The Morgan fingerprint density at radius 2 is 1.51 bits per heavy atom. The highest BCUT2D eigenvalue weighted by molar-refractivity contribution is 7.89.